The quantitative estimate of drug-likeness (QED) is 0.640. The van der Waals surface area contributed by atoms with Gasteiger partial charge in [-0.2, -0.15) is 5.10 Å². The van der Waals surface area contributed by atoms with Crippen LogP contribution < -0.4 is 10.1 Å². The van der Waals surface area contributed by atoms with E-state index in [1.54, 1.807) is 24.2 Å². The molecule has 2 heterocycles. The van der Waals surface area contributed by atoms with Crippen LogP contribution in [0.25, 0.3) is 0 Å². The molecule has 0 aliphatic carbocycles. The molecular weight excluding hydrogens is 392 g/mol. The molecule has 31 heavy (non-hydrogen) atoms. The van der Waals surface area contributed by atoms with Gasteiger partial charge in [-0.25, -0.2) is 0 Å². The van der Waals surface area contributed by atoms with Crippen LogP contribution in [-0.2, 0) is 35.5 Å². The molecule has 4 rings (SSSR count). The average Bonchev–Trinajstić information content (AvgIpc) is 3.23. The number of para-hydroxylation sites is 1. The van der Waals surface area contributed by atoms with E-state index in [0.29, 0.717) is 31.6 Å². The first-order valence-electron chi connectivity index (χ1n) is 10.4. The van der Waals surface area contributed by atoms with Crippen LogP contribution in [0.3, 0.4) is 0 Å². The Morgan fingerprint density at radius 3 is 2.71 bits per heavy atom. The van der Waals surface area contributed by atoms with Crippen LogP contribution in [0.5, 0.6) is 5.75 Å². The lowest BCUT2D eigenvalue weighted by Crippen LogP contribution is -2.38. The van der Waals surface area contributed by atoms with Crippen LogP contribution in [0, 0.1) is 0 Å². The van der Waals surface area contributed by atoms with Gasteiger partial charge in [-0.3, -0.25) is 14.3 Å². The van der Waals surface area contributed by atoms with Crippen molar-refractivity contribution in [1.82, 2.24) is 14.7 Å². The predicted molar refractivity (Wildman–Crippen MR) is 118 cm³/mol. The normalized spacial score (nSPS) is 12.9. The molecule has 1 aromatic heterocycles. The molecule has 1 aliphatic rings. The highest BCUT2D eigenvalue weighted by molar-refractivity contribution is 5.90. The minimum absolute atomic E-state index is 0.0200. The van der Waals surface area contributed by atoms with Crippen LogP contribution in [0.2, 0.25) is 0 Å². The highest BCUT2D eigenvalue weighted by Crippen LogP contribution is 2.20. The Kier molecular flexibility index (Phi) is 6.31. The van der Waals surface area contributed by atoms with Gasteiger partial charge < -0.3 is 15.0 Å². The number of amides is 2. The Hall–Kier alpha value is -3.61. The number of hydrogen-bond donors (Lipinski definition) is 1. The molecule has 160 valence electrons. The summed E-state index contributed by atoms with van der Waals surface area (Å²) in [7, 11) is 1.62. The van der Waals surface area contributed by atoms with E-state index in [9.17, 15) is 9.59 Å². The lowest BCUT2D eigenvalue weighted by Gasteiger charge is -2.28. The summed E-state index contributed by atoms with van der Waals surface area (Å²) in [5.74, 6) is 0.693. The Labute approximate surface area is 181 Å². The van der Waals surface area contributed by atoms with Gasteiger partial charge in [0, 0.05) is 25.7 Å². The van der Waals surface area contributed by atoms with Gasteiger partial charge in [0.1, 0.15) is 12.3 Å². The first-order chi connectivity index (χ1) is 15.1. The van der Waals surface area contributed by atoms with Crippen molar-refractivity contribution < 1.29 is 14.3 Å². The van der Waals surface area contributed by atoms with E-state index in [2.05, 4.69) is 22.5 Å². The zero-order chi connectivity index (χ0) is 21.6. The number of carbonyl (C=O) groups is 2. The number of aryl methyl sites for hydroxylation is 1. The molecule has 0 radical (unpaired) electrons. The van der Waals surface area contributed by atoms with E-state index >= 15 is 0 Å². The number of nitrogens with zero attached hydrogens (tertiary/aromatic N) is 3. The van der Waals surface area contributed by atoms with Crippen LogP contribution in [-0.4, -0.2) is 40.1 Å². The first-order valence-corrected chi connectivity index (χ1v) is 10.4. The molecule has 0 fully saturated rings. The molecular formula is C24H26N4O3. The maximum absolute atomic E-state index is 12.7. The third-order valence-corrected chi connectivity index (χ3v) is 5.51. The zero-order valence-corrected chi connectivity index (χ0v) is 17.6. The predicted octanol–water partition coefficient (Wildman–Crippen LogP) is 3.05. The van der Waals surface area contributed by atoms with Crippen molar-refractivity contribution in [1.29, 1.82) is 0 Å². The number of benzene rings is 2. The Bertz CT molecular complexity index is 1080. The Balaban J connectivity index is 1.28. The first kappa shape index (κ1) is 20.7. The lowest BCUT2D eigenvalue weighted by molar-refractivity contribution is -0.133. The van der Waals surface area contributed by atoms with Gasteiger partial charge in [0.2, 0.25) is 11.8 Å². The smallest absolute Gasteiger partial charge is 0.244 e. The topological polar surface area (TPSA) is 76.5 Å². The van der Waals surface area contributed by atoms with Crippen molar-refractivity contribution in [3.05, 3.63) is 77.6 Å². The van der Waals surface area contributed by atoms with Crippen LogP contribution in [0.4, 0.5) is 5.69 Å². The van der Waals surface area contributed by atoms with Crippen LogP contribution >= 0.6 is 0 Å². The molecule has 0 saturated heterocycles. The van der Waals surface area contributed by atoms with Crippen LogP contribution in [0.1, 0.15) is 23.1 Å². The van der Waals surface area contributed by atoms with Crippen molar-refractivity contribution in [3.63, 3.8) is 0 Å². The average molecular weight is 418 g/mol. The summed E-state index contributed by atoms with van der Waals surface area (Å²) in [4.78, 5) is 26.9. The maximum atomic E-state index is 12.7. The van der Waals surface area contributed by atoms with Crippen molar-refractivity contribution in [2.45, 2.75) is 32.4 Å². The number of rotatable bonds is 7. The highest BCUT2D eigenvalue weighted by atomic mass is 16.5. The fraction of sp³-hybridized carbons (Fsp3) is 0.292. The molecule has 0 unspecified atom stereocenters. The molecule has 2 amide bonds. The summed E-state index contributed by atoms with van der Waals surface area (Å²) in [5.41, 5.74) is 4.08. The number of aromatic nitrogens is 2. The third-order valence-electron chi connectivity index (χ3n) is 5.51. The number of fused-ring (bicyclic) bond motifs is 1. The molecule has 7 heteroatoms. The molecule has 1 N–H and O–H groups in total. The minimum atomic E-state index is -0.107. The van der Waals surface area contributed by atoms with E-state index in [4.69, 9.17) is 4.74 Å². The summed E-state index contributed by atoms with van der Waals surface area (Å²) in [5, 5.41) is 7.08. The monoisotopic (exact) mass is 418 g/mol. The van der Waals surface area contributed by atoms with Crippen molar-refractivity contribution in [3.8, 4) is 5.75 Å². The van der Waals surface area contributed by atoms with E-state index in [-0.39, 0.29) is 18.4 Å². The van der Waals surface area contributed by atoms with Crippen molar-refractivity contribution in [2.75, 3.05) is 19.0 Å². The fourth-order valence-electron chi connectivity index (χ4n) is 3.84. The molecule has 0 saturated carbocycles. The van der Waals surface area contributed by atoms with Crippen molar-refractivity contribution in [2.24, 2.45) is 0 Å². The number of carbonyl (C=O) groups excluding carboxylic acids is 2. The standard InChI is InChI=1S/C24H26N4O3/c1-31-22-9-5-4-7-19(22)10-11-23(29)26-21-14-25-28(16-21)17-24(30)27-13-12-18-6-2-3-8-20(18)15-27/h2-9,14,16H,10-13,15,17H2,1H3,(H,26,29). The second-order valence-corrected chi connectivity index (χ2v) is 7.62. The Morgan fingerprint density at radius 1 is 1.10 bits per heavy atom. The molecule has 7 nitrogen and oxygen atoms in total. The van der Waals surface area contributed by atoms with Gasteiger partial charge >= 0.3 is 0 Å². The second kappa shape index (κ2) is 9.47. The summed E-state index contributed by atoms with van der Waals surface area (Å²) < 4.78 is 6.89. The molecule has 0 spiro atoms. The van der Waals surface area contributed by atoms with Gasteiger partial charge in [0.15, 0.2) is 0 Å². The van der Waals surface area contributed by atoms with Gasteiger partial charge in [0.05, 0.1) is 19.0 Å². The SMILES string of the molecule is COc1ccccc1CCC(=O)Nc1cnn(CC(=O)N2CCc3ccccc3C2)c1. The zero-order valence-electron chi connectivity index (χ0n) is 17.6. The number of methoxy groups -OCH3 is 1. The van der Waals surface area contributed by atoms with Crippen LogP contribution in [0.15, 0.2) is 60.9 Å². The molecule has 3 aromatic rings. The van der Waals surface area contributed by atoms with Crippen molar-refractivity contribution >= 4 is 17.5 Å². The third kappa shape index (κ3) is 5.12. The minimum Gasteiger partial charge on any atom is -0.496 e. The molecule has 0 bridgehead atoms. The van der Waals surface area contributed by atoms with Gasteiger partial charge in [0.25, 0.3) is 0 Å². The second-order valence-electron chi connectivity index (χ2n) is 7.62. The lowest BCUT2D eigenvalue weighted by atomic mass is 10.00. The molecule has 0 atom stereocenters. The summed E-state index contributed by atoms with van der Waals surface area (Å²) >= 11 is 0. The number of anilines is 1. The summed E-state index contributed by atoms with van der Waals surface area (Å²) in [6, 6.07) is 15.9. The maximum Gasteiger partial charge on any atom is 0.244 e. The summed E-state index contributed by atoms with van der Waals surface area (Å²) in [6.07, 6.45) is 5.04. The highest BCUT2D eigenvalue weighted by Gasteiger charge is 2.20. The number of nitrogens with one attached hydrogen (secondary N) is 1. The number of hydrogen-bond acceptors (Lipinski definition) is 4. The van der Waals surface area contributed by atoms with E-state index in [1.165, 1.54) is 11.1 Å². The van der Waals surface area contributed by atoms with Gasteiger partial charge in [-0.05, 0) is 35.6 Å². The van der Waals surface area contributed by atoms with Gasteiger partial charge in [-0.15, -0.1) is 0 Å². The van der Waals surface area contributed by atoms with Gasteiger partial charge in [-0.1, -0.05) is 42.5 Å². The largest absolute Gasteiger partial charge is 0.496 e. The van der Waals surface area contributed by atoms with E-state index in [1.807, 2.05) is 41.3 Å². The summed E-state index contributed by atoms with van der Waals surface area (Å²) in [6.45, 7) is 1.49. The molecule has 1 aliphatic heterocycles. The fourth-order valence-corrected chi connectivity index (χ4v) is 3.84. The Morgan fingerprint density at radius 2 is 1.87 bits per heavy atom. The van der Waals surface area contributed by atoms with E-state index in [0.717, 1.165) is 17.7 Å². The van der Waals surface area contributed by atoms with E-state index < -0.39 is 0 Å². The number of ether oxygens (including phenoxy) is 1. The molecule has 2 aromatic carbocycles.